The van der Waals surface area contributed by atoms with E-state index in [2.05, 4.69) is 15.6 Å². The highest BCUT2D eigenvalue weighted by atomic mass is 35.5. The molecule has 2 heterocycles. The summed E-state index contributed by atoms with van der Waals surface area (Å²) in [6, 6.07) is 10.4. The minimum Gasteiger partial charge on any atom is -0.466 e. The Labute approximate surface area is 144 Å². The average Bonchev–Trinajstić information content (AvgIpc) is 2.57. The molecule has 124 valence electrons. The van der Waals surface area contributed by atoms with Crippen molar-refractivity contribution in [2.75, 3.05) is 11.9 Å². The van der Waals surface area contributed by atoms with Crippen LogP contribution >= 0.6 is 11.6 Å². The van der Waals surface area contributed by atoms with Crippen LogP contribution in [0, 0.1) is 0 Å². The largest absolute Gasteiger partial charge is 0.466 e. The Morgan fingerprint density at radius 2 is 2.21 bits per heavy atom. The van der Waals surface area contributed by atoms with Gasteiger partial charge in [-0.1, -0.05) is 17.7 Å². The Balaban J connectivity index is 1.67. The summed E-state index contributed by atoms with van der Waals surface area (Å²) in [5.74, 6) is -0.634. The van der Waals surface area contributed by atoms with E-state index < -0.39 is 17.4 Å². The van der Waals surface area contributed by atoms with E-state index in [1.165, 1.54) is 6.92 Å². The minimum atomic E-state index is -1.63. The molecule has 3 rings (SSSR count). The fourth-order valence-electron chi connectivity index (χ4n) is 2.36. The summed E-state index contributed by atoms with van der Waals surface area (Å²) in [6.45, 7) is 1.80. The first kappa shape index (κ1) is 16.3. The van der Waals surface area contributed by atoms with E-state index in [1.54, 1.807) is 24.4 Å². The zero-order valence-corrected chi connectivity index (χ0v) is 13.8. The van der Waals surface area contributed by atoms with E-state index in [-0.39, 0.29) is 0 Å². The molecule has 0 saturated heterocycles. The van der Waals surface area contributed by atoms with Crippen molar-refractivity contribution in [3.63, 3.8) is 0 Å². The number of hydrogen-bond donors (Lipinski definition) is 2. The Morgan fingerprint density at radius 3 is 2.96 bits per heavy atom. The first-order valence-electron chi connectivity index (χ1n) is 7.47. The van der Waals surface area contributed by atoms with Gasteiger partial charge in [-0.3, -0.25) is 14.6 Å². The lowest BCUT2D eigenvalue weighted by Crippen LogP contribution is -2.58. The molecular weight excluding hydrogens is 330 g/mol. The maximum Gasteiger partial charge on any atom is 0.278 e. The summed E-state index contributed by atoms with van der Waals surface area (Å²) in [5, 5.41) is 5.86. The van der Waals surface area contributed by atoms with Crippen molar-refractivity contribution in [2.45, 2.75) is 18.9 Å². The van der Waals surface area contributed by atoms with Gasteiger partial charge in [0, 0.05) is 29.9 Å². The van der Waals surface area contributed by atoms with Gasteiger partial charge in [-0.25, -0.2) is 0 Å². The van der Waals surface area contributed by atoms with Gasteiger partial charge < -0.3 is 15.4 Å². The molecule has 1 aromatic heterocycles. The van der Waals surface area contributed by atoms with E-state index in [4.69, 9.17) is 16.3 Å². The third-order valence-electron chi connectivity index (χ3n) is 3.76. The van der Waals surface area contributed by atoms with Crippen LogP contribution in [0.1, 0.15) is 12.6 Å². The molecule has 1 aromatic carbocycles. The fourth-order valence-corrected chi connectivity index (χ4v) is 2.54. The van der Waals surface area contributed by atoms with E-state index in [1.807, 2.05) is 18.2 Å². The highest BCUT2D eigenvalue weighted by molar-refractivity contribution is 6.31. The molecule has 0 unspecified atom stereocenters. The van der Waals surface area contributed by atoms with E-state index in [9.17, 15) is 9.59 Å². The molecule has 1 aliphatic rings. The fraction of sp³-hybridized carbons (Fsp3) is 0.235. The summed E-state index contributed by atoms with van der Waals surface area (Å²) in [6.07, 6.45) is 2.26. The summed E-state index contributed by atoms with van der Waals surface area (Å²) < 4.78 is 5.65. The monoisotopic (exact) mass is 345 g/mol. The number of nitrogens with zero attached hydrogens (tertiary/aromatic N) is 1. The first-order chi connectivity index (χ1) is 11.5. The van der Waals surface area contributed by atoms with Crippen molar-refractivity contribution >= 4 is 29.1 Å². The van der Waals surface area contributed by atoms with Crippen LogP contribution in [0.25, 0.3) is 0 Å². The number of hydrogen-bond acceptors (Lipinski definition) is 4. The van der Waals surface area contributed by atoms with Gasteiger partial charge in [-0.2, -0.15) is 0 Å². The Hall–Kier alpha value is -2.60. The van der Waals surface area contributed by atoms with E-state index >= 15 is 0 Å². The van der Waals surface area contributed by atoms with Crippen LogP contribution in [0.15, 0.2) is 42.6 Å². The van der Waals surface area contributed by atoms with Crippen LogP contribution < -0.4 is 15.4 Å². The van der Waals surface area contributed by atoms with Crippen molar-refractivity contribution in [1.82, 2.24) is 10.3 Å². The van der Waals surface area contributed by atoms with E-state index in [0.29, 0.717) is 29.4 Å². The smallest absolute Gasteiger partial charge is 0.278 e. The molecule has 2 N–H and O–H groups in total. The highest BCUT2D eigenvalue weighted by Gasteiger charge is 2.47. The maximum absolute atomic E-state index is 12.5. The van der Waals surface area contributed by atoms with Crippen LogP contribution in [-0.4, -0.2) is 28.9 Å². The van der Waals surface area contributed by atoms with Crippen LogP contribution in [0.5, 0.6) is 5.75 Å². The number of carbonyl (C=O) groups excluding carboxylic acids is 2. The predicted molar refractivity (Wildman–Crippen MR) is 90.1 cm³/mol. The van der Waals surface area contributed by atoms with Crippen molar-refractivity contribution in [3.05, 3.63) is 53.3 Å². The van der Waals surface area contributed by atoms with Gasteiger partial charge >= 0.3 is 0 Å². The molecule has 0 bridgehead atoms. The molecular formula is C17H16ClN3O3. The lowest BCUT2D eigenvalue weighted by Gasteiger charge is -2.33. The van der Waals surface area contributed by atoms with Crippen LogP contribution in [0.3, 0.4) is 0 Å². The summed E-state index contributed by atoms with van der Waals surface area (Å²) >= 11 is 5.89. The number of fused-ring (bicyclic) bond motifs is 1. The number of carbonyl (C=O) groups is 2. The Bertz CT molecular complexity index is 782. The van der Waals surface area contributed by atoms with Gasteiger partial charge in [0.15, 0.2) is 0 Å². The molecule has 0 saturated carbocycles. The molecule has 2 aromatic rings. The lowest BCUT2D eigenvalue weighted by molar-refractivity contribution is -0.146. The number of amides is 2. The van der Waals surface area contributed by atoms with Gasteiger partial charge in [-0.05, 0) is 37.3 Å². The van der Waals surface area contributed by atoms with Crippen LogP contribution in [0.4, 0.5) is 5.69 Å². The second kappa shape index (κ2) is 6.49. The van der Waals surface area contributed by atoms with Crippen LogP contribution in [0.2, 0.25) is 5.02 Å². The number of ether oxygens (including phenoxy) is 1. The number of anilines is 1. The number of rotatable bonds is 4. The second-order valence-corrected chi connectivity index (χ2v) is 5.99. The molecule has 6 nitrogen and oxygen atoms in total. The summed E-state index contributed by atoms with van der Waals surface area (Å²) in [5.41, 5.74) is -0.325. The summed E-state index contributed by atoms with van der Waals surface area (Å²) in [4.78, 5) is 29.0. The third-order valence-corrected chi connectivity index (χ3v) is 4.00. The number of halogens is 1. The third kappa shape index (κ3) is 3.19. The maximum atomic E-state index is 12.5. The number of nitrogens with one attached hydrogen (secondary N) is 2. The van der Waals surface area contributed by atoms with Gasteiger partial charge in [0.1, 0.15) is 5.75 Å². The Morgan fingerprint density at radius 1 is 1.38 bits per heavy atom. The molecule has 24 heavy (non-hydrogen) atoms. The molecule has 1 aliphatic heterocycles. The zero-order chi connectivity index (χ0) is 17.2. The molecule has 0 aliphatic carbocycles. The molecule has 0 radical (unpaired) electrons. The normalized spacial score (nSPS) is 19.0. The van der Waals surface area contributed by atoms with Gasteiger partial charge in [0.2, 0.25) is 0 Å². The van der Waals surface area contributed by atoms with Crippen molar-refractivity contribution in [1.29, 1.82) is 0 Å². The van der Waals surface area contributed by atoms with Crippen LogP contribution in [-0.2, 0) is 16.0 Å². The minimum absolute atomic E-state index is 0.357. The molecule has 1 atom stereocenters. The second-order valence-electron chi connectivity index (χ2n) is 5.56. The molecule has 2 amide bonds. The lowest BCUT2D eigenvalue weighted by atomic mass is 10.0. The highest BCUT2D eigenvalue weighted by Crippen LogP contribution is 2.35. The standard InChI is InChI=1S/C17H16ClN3O3/c1-17(15(22)20-9-7-12-4-2-3-8-19-12)16(23)21-13-10-11(18)5-6-14(13)24-17/h2-6,8,10H,7,9H2,1H3,(H,20,22)(H,21,23)/t17-/m1/s1. The number of benzene rings is 1. The van der Waals surface area contributed by atoms with Crippen molar-refractivity contribution in [2.24, 2.45) is 0 Å². The number of pyridine rings is 1. The topological polar surface area (TPSA) is 80.3 Å². The first-order valence-corrected chi connectivity index (χ1v) is 7.85. The van der Waals surface area contributed by atoms with E-state index in [0.717, 1.165) is 5.69 Å². The van der Waals surface area contributed by atoms with Gasteiger partial charge in [0.05, 0.1) is 5.69 Å². The number of aromatic nitrogens is 1. The van der Waals surface area contributed by atoms with Gasteiger partial charge in [0.25, 0.3) is 17.4 Å². The zero-order valence-electron chi connectivity index (χ0n) is 13.0. The predicted octanol–water partition coefficient (Wildman–Crippen LogP) is 2.18. The molecule has 7 heteroatoms. The Kier molecular flexibility index (Phi) is 4.40. The molecule has 0 spiro atoms. The SMILES string of the molecule is C[C@]1(C(=O)NCCc2ccccn2)Oc2ccc(Cl)cc2NC1=O. The molecule has 0 fully saturated rings. The van der Waals surface area contributed by atoms with Crippen molar-refractivity contribution in [3.8, 4) is 5.75 Å². The van der Waals surface area contributed by atoms with Crippen molar-refractivity contribution < 1.29 is 14.3 Å². The van der Waals surface area contributed by atoms with Gasteiger partial charge in [-0.15, -0.1) is 0 Å². The summed E-state index contributed by atoms with van der Waals surface area (Å²) in [7, 11) is 0. The quantitative estimate of drug-likeness (QED) is 0.832. The average molecular weight is 346 g/mol.